The molecule has 8 saturated carbocycles. The third-order valence-electron chi connectivity index (χ3n) is 11.6. The highest BCUT2D eigenvalue weighted by atomic mass is 14.7. The predicted octanol–water partition coefficient (Wildman–Crippen LogP) is 8.88. The summed E-state index contributed by atoms with van der Waals surface area (Å²) in [6.45, 7) is 4.38. The van der Waals surface area contributed by atoms with Gasteiger partial charge in [0, 0.05) is 0 Å². The van der Waals surface area contributed by atoms with Crippen molar-refractivity contribution in [2.24, 2.45) is 46.3 Å². The van der Waals surface area contributed by atoms with E-state index in [0.29, 0.717) is 10.8 Å². The highest BCUT2D eigenvalue weighted by Gasteiger charge is 2.68. The smallest absolute Gasteiger partial charge is 0.00651 e. The fourth-order valence-corrected chi connectivity index (χ4v) is 11.6. The van der Waals surface area contributed by atoms with E-state index in [2.05, 4.69) is 56.4 Å². The summed E-state index contributed by atoms with van der Waals surface area (Å²) < 4.78 is 0. The van der Waals surface area contributed by atoms with Crippen LogP contribution < -0.4 is 0 Å². The van der Waals surface area contributed by atoms with Crippen molar-refractivity contribution in [1.82, 2.24) is 0 Å². The molecule has 0 saturated heterocycles. The molecule has 0 N–H and O–H groups in total. The van der Waals surface area contributed by atoms with Crippen molar-refractivity contribution in [2.75, 3.05) is 0 Å². The first-order chi connectivity index (χ1) is 15.6. The largest absolute Gasteiger partial charge is 0.0870 e. The van der Waals surface area contributed by atoms with E-state index in [0.717, 1.165) is 41.4 Å². The van der Waals surface area contributed by atoms with Gasteiger partial charge in [-0.2, -0.15) is 0 Å². The molecule has 0 aromatic heterocycles. The molecule has 0 aliphatic heterocycles. The Labute approximate surface area is 196 Å². The van der Waals surface area contributed by atoms with Gasteiger partial charge in [-0.1, -0.05) is 42.5 Å². The molecule has 8 fully saturated rings. The second kappa shape index (κ2) is 7.10. The second-order valence-corrected chi connectivity index (χ2v) is 13.3. The lowest BCUT2D eigenvalue weighted by Gasteiger charge is -2.73. The van der Waals surface area contributed by atoms with E-state index < -0.39 is 0 Å². The van der Waals surface area contributed by atoms with Crippen molar-refractivity contribution >= 4 is 12.2 Å². The average Bonchev–Trinajstić information content (AvgIpc) is 2.74. The average molecular weight is 427 g/mol. The first kappa shape index (κ1) is 20.1. The molecule has 9 rings (SSSR count). The third kappa shape index (κ3) is 2.68. The van der Waals surface area contributed by atoms with Gasteiger partial charge in [0.25, 0.3) is 0 Å². The lowest BCUT2D eigenvalue weighted by Crippen LogP contribution is -2.63. The van der Waals surface area contributed by atoms with Crippen LogP contribution in [0.3, 0.4) is 0 Å². The zero-order chi connectivity index (χ0) is 21.5. The minimum atomic E-state index is 0.600. The van der Waals surface area contributed by atoms with Gasteiger partial charge in [0.1, 0.15) is 0 Å². The zero-order valence-electron chi connectivity index (χ0n) is 20.4. The molecule has 3 unspecified atom stereocenters. The molecule has 8 aliphatic carbocycles. The third-order valence-corrected chi connectivity index (χ3v) is 11.6. The molecule has 8 aliphatic rings. The van der Waals surface area contributed by atoms with E-state index >= 15 is 0 Å². The summed E-state index contributed by atoms with van der Waals surface area (Å²) in [5.74, 6) is 7.04. The predicted molar refractivity (Wildman–Crippen MR) is 135 cm³/mol. The van der Waals surface area contributed by atoms with Crippen LogP contribution in [0.1, 0.15) is 107 Å². The SMILES string of the molecule is CC=Cc1cccc(C2C3CC4CC(C3)CC2(C23CC5CC(CC(C5)C2)C3)C4)c1C=CC. The minimum absolute atomic E-state index is 0.600. The molecule has 8 bridgehead atoms. The van der Waals surface area contributed by atoms with Gasteiger partial charge in [0.2, 0.25) is 0 Å². The first-order valence-electron chi connectivity index (χ1n) is 14.0. The summed E-state index contributed by atoms with van der Waals surface area (Å²) in [6, 6.07) is 7.31. The summed E-state index contributed by atoms with van der Waals surface area (Å²) in [5, 5.41) is 0. The number of hydrogen-bond donors (Lipinski definition) is 0. The Bertz CT molecular complexity index is 911. The zero-order valence-corrected chi connectivity index (χ0v) is 20.4. The Balaban J connectivity index is 1.42. The van der Waals surface area contributed by atoms with Gasteiger partial charge in [-0.15, -0.1) is 0 Å². The van der Waals surface area contributed by atoms with Gasteiger partial charge in [-0.05, 0) is 153 Å². The highest BCUT2D eigenvalue weighted by molar-refractivity contribution is 5.68. The van der Waals surface area contributed by atoms with Gasteiger partial charge in [0.05, 0.1) is 0 Å². The number of rotatable bonds is 4. The van der Waals surface area contributed by atoms with Crippen LogP contribution in [0.5, 0.6) is 0 Å². The van der Waals surface area contributed by atoms with E-state index in [-0.39, 0.29) is 0 Å². The van der Waals surface area contributed by atoms with Crippen LogP contribution in [-0.4, -0.2) is 0 Å². The number of allylic oxidation sites excluding steroid dienone is 2. The summed E-state index contributed by atoms with van der Waals surface area (Å²) >= 11 is 0. The minimum Gasteiger partial charge on any atom is -0.0870 e. The molecule has 0 radical (unpaired) electrons. The van der Waals surface area contributed by atoms with Gasteiger partial charge in [-0.25, -0.2) is 0 Å². The Kier molecular flexibility index (Phi) is 4.46. The topological polar surface area (TPSA) is 0 Å². The molecule has 0 spiro atoms. The molecule has 1 aromatic carbocycles. The number of benzene rings is 1. The molecule has 0 heterocycles. The molecule has 3 atom stereocenters. The Morgan fingerprint density at radius 2 is 1.25 bits per heavy atom. The maximum Gasteiger partial charge on any atom is -0.00651 e. The summed E-state index contributed by atoms with van der Waals surface area (Å²) in [4.78, 5) is 0. The van der Waals surface area contributed by atoms with Crippen LogP contribution in [0.4, 0.5) is 0 Å². The fraction of sp³-hybridized carbons (Fsp3) is 0.688. The molecular formula is C32H42. The molecule has 32 heavy (non-hydrogen) atoms. The van der Waals surface area contributed by atoms with Gasteiger partial charge in [0.15, 0.2) is 0 Å². The normalized spacial score (nSPS) is 48.5. The molecule has 0 heteroatoms. The van der Waals surface area contributed by atoms with Crippen molar-refractivity contribution in [3.05, 3.63) is 47.0 Å². The van der Waals surface area contributed by atoms with E-state index in [1.54, 1.807) is 68.9 Å². The van der Waals surface area contributed by atoms with E-state index in [1.165, 1.54) is 18.4 Å². The van der Waals surface area contributed by atoms with Gasteiger partial charge < -0.3 is 0 Å². The van der Waals surface area contributed by atoms with E-state index in [4.69, 9.17) is 0 Å². The summed E-state index contributed by atoms with van der Waals surface area (Å²) in [5.41, 5.74) is 6.00. The highest BCUT2D eigenvalue weighted by Crippen LogP contribution is 2.78. The molecule has 170 valence electrons. The van der Waals surface area contributed by atoms with Crippen LogP contribution in [-0.2, 0) is 0 Å². The Morgan fingerprint density at radius 1 is 0.688 bits per heavy atom. The van der Waals surface area contributed by atoms with Gasteiger partial charge >= 0.3 is 0 Å². The van der Waals surface area contributed by atoms with Crippen molar-refractivity contribution in [3.8, 4) is 0 Å². The summed E-state index contributed by atoms with van der Waals surface area (Å²) in [7, 11) is 0. The molecule has 0 nitrogen and oxygen atoms in total. The maximum absolute atomic E-state index is 2.57. The molecular weight excluding hydrogens is 384 g/mol. The second-order valence-electron chi connectivity index (χ2n) is 13.3. The Hall–Kier alpha value is -1.30. The van der Waals surface area contributed by atoms with E-state index in [9.17, 15) is 0 Å². The fourth-order valence-electron chi connectivity index (χ4n) is 11.6. The Morgan fingerprint density at radius 3 is 1.81 bits per heavy atom. The van der Waals surface area contributed by atoms with Crippen LogP contribution in [0.15, 0.2) is 30.4 Å². The lowest BCUT2D eigenvalue weighted by atomic mass is 9.32. The van der Waals surface area contributed by atoms with Crippen LogP contribution >= 0.6 is 0 Å². The maximum atomic E-state index is 2.57. The van der Waals surface area contributed by atoms with Crippen molar-refractivity contribution < 1.29 is 0 Å². The van der Waals surface area contributed by atoms with Crippen LogP contribution in [0.2, 0.25) is 0 Å². The monoisotopic (exact) mass is 426 g/mol. The quantitative estimate of drug-likeness (QED) is 0.451. The van der Waals surface area contributed by atoms with Crippen molar-refractivity contribution in [3.63, 3.8) is 0 Å². The molecule has 0 amide bonds. The van der Waals surface area contributed by atoms with E-state index in [1.807, 2.05) is 0 Å². The first-order valence-corrected chi connectivity index (χ1v) is 14.0. The summed E-state index contributed by atoms with van der Waals surface area (Å²) in [6.07, 6.45) is 26.6. The van der Waals surface area contributed by atoms with Crippen LogP contribution in [0.25, 0.3) is 12.2 Å². The van der Waals surface area contributed by atoms with Crippen LogP contribution in [0, 0.1) is 46.3 Å². The lowest BCUT2D eigenvalue weighted by molar-refractivity contribution is -0.211. The van der Waals surface area contributed by atoms with Crippen molar-refractivity contribution in [2.45, 2.75) is 90.4 Å². The van der Waals surface area contributed by atoms with Crippen molar-refractivity contribution in [1.29, 1.82) is 0 Å². The molecule has 1 aromatic rings. The number of hydrogen-bond acceptors (Lipinski definition) is 0. The van der Waals surface area contributed by atoms with Gasteiger partial charge in [-0.3, -0.25) is 0 Å². The standard InChI is InChI=1S/C32H42/c1-3-6-26-8-5-9-29(28(26)7-4-2)30-27-14-24-13-25(15-27)20-32(30,19-24)31-16-21-10-22(17-31)12-23(11-21)18-31/h3-9,21-25,27,30H,10-20H2,1-2H3.